The molecule has 0 aliphatic carbocycles. The first-order valence-corrected chi connectivity index (χ1v) is 7.95. The van der Waals surface area contributed by atoms with Crippen molar-refractivity contribution in [2.24, 2.45) is 0 Å². The van der Waals surface area contributed by atoms with E-state index < -0.39 is 7.92 Å². The lowest BCUT2D eigenvalue weighted by atomic mass is 10.3. The van der Waals surface area contributed by atoms with Crippen molar-refractivity contribution in [1.82, 2.24) is 0 Å². The Hall–Kier alpha value is -1.63. The molecule has 0 aliphatic rings. The van der Waals surface area contributed by atoms with Crippen molar-refractivity contribution < 1.29 is 0 Å². The van der Waals surface area contributed by atoms with Crippen molar-refractivity contribution >= 4 is 46.5 Å². The molecular formula is C18H17BrNP. The van der Waals surface area contributed by atoms with E-state index in [0.29, 0.717) is 0 Å². The third-order valence-electron chi connectivity index (χ3n) is 3.21. The van der Waals surface area contributed by atoms with Gasteiger partial charge in [-0.2, -0.15) is 0 Å². The molecule has 0 aliphatic heterocycles. The molecule has 106 valence electrons. The molecule has 3 aromatic rings. The van der Waals surface area contributed by atoms with Crippen LogP contribution in [0.25, 0.3) is 0 Å². The standard InChI is InChI=1S/C18H16NP.BrH/c19-17-13-7-8-14-18(17)20(15-9-3-1-4-10-15)16-11-5-2-6-12-16;/h1-14H,19H2;1H. The van der Waals surface area contributed by atoms with Crippen molar-refractivity contribution in [2.45, 2.75) is 0 Å². The zero-order valence-corrected chi connectivity index (χ0v) is 14.1. The van der Waals surface area contributed by atoms with Crippen molar-refractivity contribution in [3.63, 3.8) is 0 Å². The maximum Gasteiger partial charge on any atom is 0.0398 e. The van der Waals surface area contributed by atoms with Gasteiger partial charge in [0.05, 0.1) is 0 Å². The molecule has 0 aromatic heterocycles. The van der Waals surface area contributed by atoms with Crippen molar-refractivity contribution in [1.29, 1.82) is 0 Å². The molecule has 0 heterocycles. The van der Waals surface area contributed by atoms with Gasteiger partial charge in [0.25, 0.3) is 0 Å². The molecule has 0 unspecified atom stereocenters. The second-order valence-corrected chi connectivity index (χ2v) is 6.75. The summed E-state index contributed by atoms with van der Waals surface area (Å²) in [6.45, 7) is 0. The van der Waals surface area contributed by atoms with Gasteiger partial charge in [-0.05, 0) is 24.6 Å². The van der Waals surface area contributed by atoms with Gasteiger partial charge < -0.3 is 5.73 Å². The van der Waals surface area contributed by atoms with Gasteiger partial charge in [0.1, 0.15) is 0 Å². The van der Waals surface area contributed by atoms with E-state index in [0.717, 1.165) is 5.69 Å². The van der Waals surface area contributed by atoms with Gasteiger partial charge in [-0.15, -0.1) is 17.0 Å². The van der Waals surface area contributed by atoms with Gasteiger partial charge in [0.2, 0.25) is 0 Å². The summed E-state index contributed by atoms with van der Waals surface area (Å²) in [5, 5.41) is 3.87. The van der Waals surface area contributed by atoms with Crippen LogP contribution in [0.3, 0.4) is 0 Å². The summed E-state index contributed by atoms with van der Waals surface area (Å²) in [5.74, 6) is 0. The maximum atomic E-state index is 6.21. The van der Waals surface area contributed by atoms with E-state index in [-0.39, 0.29) is 17.0 Å². The van der Waals surface area contributed by atoms with Crippen LogP contribution in [0, 0.1) is 0 Å². The van der Waals surface area contributed by atoms with Gasteiger partial charge in [-0.25, -0.2) is 0 Å². The first-order valence-electron chi connectivity index (χ1n) is 6.61. The minimum Gasteiger partial charge on any atom is -0.398 e. The number of anilines is 1. The van der Waals surface area contributed by atoms with Crippen LogP contribution in [0.1, 0.15) is 0 Å². The van der Waals surface area contributed by atoms with E-state index >= 15 is 0 Å². The fourth-order valence-corrected chi connectivity index (χ4v) is 4.64. The highest BCUT2D eigenvalue weighted by atomic mass is 79.9. The molecule has 0 amide bonds. The van der Waals surface area contributed by atoms with Crippen LogP contribution in [0.15, 0.2) is 84.9 Å². The molecule has 0 atom stereocenters. The van der Waals surface area contributed by atoms with Crippen LogP contribution in [0.2, 0.25) is 0 Å². The minimum absolute atomic E-state index is 0. The van der Waals surface area contributed by atoms with Crippen LogP contribution >= 0.6 is 24.9 Å². The summed E-state index contributed by atoms with van der Waals surface area (Å²) in [6, 6.07) is 29.4. The Labute approximate surface area is 137 Å². The summed E-state index contributed by atoms with van der Waals surface area (Å²) in [5.41, 5.74) is 7.08. The lowest BCUT2D eigenvalue weighted by Crippen LogP contribution is -2.22. The first-order chi connectivity index (χ1) is 9.86. The lowest BCUT2D eigenvalue weighted by molar-refractivity contribution is 1.72. The Kier molecular flexibility index (Phi) is 5.55. The average molecular weight is 358 g/mol. The first kappa shape index (κ1) is 15.8. The van der Waals surface area contributed by atoms with E-state index in [9.17, 15) is 0 Å². The van der Waals surface area contributed by atoms with Gasteiger partial charge in [-0.3, -0.25) is 0 Å². The number of benzene rings is 3. The predicted molar refractivity (Wildman–Crippen MR) is 99.9 cm³/mol. The van der Waals surface area contributed by atoms with E-state index in [1.165, 1.54) is 15.9 Å². The van der Waals surface area contributed by atoms with Crippen LogP contribution < -0.4 is 21.6 Å². The Balaban J connectivity index is 0.00000161. The second-order valence-electron chi connectivity index (χ2n) is 4.57. The molecule has 0 spiro atoms. The second kappa shape index (κ2) is 7.40. The molecule has 0 bridgehead atoms. The number of nitrogens with two attached hydrogens (primary N) is 1. The number of nitrogen functional groups attached to an aromatic ring is 1. The zero-order chi connectivity index (χ0) is 13.8. The van der Waals surface area contributed by atoms with Crippen molar-refractivity contribution in [3.05, 3.63) is 84.9 Å². The summed E-state index contributed by atoms with van der Waals surface area (Å²) in [7, 11) is -0.592. The lowest BCUT2D eigenvalue weighted by Gasteiger charge is -2.20. The van der Waals surface area contributed by atoms with Gasteiger partial charge in [0.15, 0.2) is 0 Å². The average Bonchev–Trinajstić information content (AvgIpc) is 2.52. The molecule has 1 nitrogen and oxygen atoms in total. The van der Waals surface area contributed by atoms with E-state index in [4.69, 9.17) is 5.73 Å². The van der Waals surface area contributed by atoms with E-state index in [2.05, 4.69) is 72.8 Å². The molecule has 0 saturated carbocycles. The Morgan fingerprint density at radius 1 is 0.571 bits per heavy atom. The highest BCUT2D eigenvalue weighted by Crippen LogP contribution is 2.34. The highest BCUT2D eigenvalue weighted by Gasteiger charge is 2.17. The molecular weight excluding hydrogens is 341 g/mol. The molecule has 0 fully saturated rings. The van der Waals surface area contributed by atoms with Crippen LogP contribution in [0.5, 0.6) is 0 Å². The topological polar surface area (TPSA) is 26.0 Å². The van der Waals surface area contributed by atoms with Crippen LogP contribution in [-0.2, 0) is 0 Å². The summed E-state index contributed by atoms with van der Waals surface area (Å²) < 4.78 is 0. The third-order valence-corrected chi connectivity index (χ3v) is 5.72. The number of para-hydroxylation sites is 1. The van der Waals surface area contributed by atoms with Crippen LogP contribution in [-0.4, -0.2) is 0 Å². The molecule has 2 N–H and O–H groups in total. The Morgan fingerprint density at radius 3 is 1.48 bits per heavy atom. The smallest absolute Gasteiger partial charge is 0.0398 e. The number of halogens is 1. The summed E-state index contributed by atoms with van der Waals surface area (Å²) >= 11 is 0. The zero-order valence-electron chi connectivity index (χ0n) is 11.5. The SMILES string of the molecule is Br.Nc1ccccc1P(c1ccccc1)c1ccccc1. The largest absolute Gasteiger partial charge is 0.398 e. The highest BCUT2D eigenvalue weighted by molar-refractivity contribution is 8.93. The molecule has 3 rings (SSSR count). The van der Waals surface area contributed by atoms with Gasteiger partial charge in [0, 0.05) is 11.0 Å². The molecule has 3 aromatic carbocycles. The Bertz CT molecular complexity index is 646. The number of hydrogen-bond acceptors (Lipinski definition) is 1. The van der Waals surface area contributed by atoms with Gasteiger partial charge >= 0.3 is 0 Å². The quantitative estimate of drug-likeness (QED) is 0.562. The maximum absolute atomic E-state index is 6.21. The minimum atomic E-state index is -0.592. The summed E-state index contributed by atoms with van der Waals surface area (Å²) in [6.07, 6.45) is 0. The van der Waals surface area contributed by atoms with Crippen LogP contribution in [0.4, 0.5) is 5.69 Å². The predicted octanol–water partition coefficient (Wildman–Crippen LogP) is 3.60. The fourth-order valence-electron chi connectivity index (χ4n) is 2.27. The third kappa shape index (κ3) is 3.53. The molecule has 21 heavy (non-hydrogen) atoms. The van der Waals surface area contributed by atoms with Crippen molar-refractivity contribution in [2.75, 3.05) is 5.73 Å². The van der Waals surface area contributed by atoms with E-state index in [1.807, 2.05) is 12.1 Å². The summed E-state index contributed by atoms with van der Waals surface area (Å²) in [4.78, 5) is 0. The fraction of sp³-hybridized carbons (Fsp3) is 0. The number of rotatable bonds is 3. The Morgan fingerprint density at radius 2 is 1.00 bits per heavy atom. The molecule has 3 heteroatoms. The van der Waals surface area contributed by atoms with Gasteiger partial charge in [-0.1, -0.05) is 78.9 Å². The monoisotopic (exact) mass is 357 g/mol. The molecule has 0 saturated heterocycles. The van der Waals surface area contributed by atoms with Crippen molar-refractivity contribution in [3.8, 4) is 0 Å². The normalized spacial score (nSPS) is 10.1. The molecule has 0 radical (unpaired) electrons. The number of hydrogen-bond donors (Lipinski definition) is 1. The van der Waals surface area contributed by atoms with E-state index in [1.54, 1.807) is 0 Å².